The maximum atomic E-state index is 12.6. The van der Waals surface area contributed by atoms with E-state index in [-0.39, 0.29) is 11.8 Å². The highest BCUT2D eigenvalue weighted by atomic mass is 35.5. The number of aromatic nitrogens is 2. The number of hydrogen-bond acceptors (Lipinski definition) is 3. The summed E-state index contributed by atoms with van der Waals surface area (Å²) in [5.41, 5.74) is 3.17. The maximum absolute atomic E-state index is 12.6. The smallest absolute Gasteiger partial charge is 0.228 e. The largest absolute Gasteiger partial charge is 0.310 e. The highest BCUT2D eigenvalue weighted by Gasteiger charge is 2.28. The number of nitrogens with one attached hydrogen (secondary N) is 1. The van der Waals surface area contributed by atoms with Gasteiger partial charge in [0, 0.05) is 28.0 Å². The molecule has 0 radical (unpaired) electrons. The van der Waals surface area contributed by atoms with Gasteiger partial charge in [-0.25, -0.2) is 4.68 Å². The van der Waals surface area contributed by atoms with Crippen molar-refractivity contribution in [2.75, 3.05) is 5.32 Å². The first-order valence-corrected chi connectivity index (χ1v) is 9.51. The number of benzene rings is 1. The van der Waals surface area contributed by atoms with Gasteiger partial charge in [-0.15, -0.1) is 0 Å². The van der Waals surface area contributed by atoms with Gasteiger partial charge >= 0.3 is 0 Å². The fourth-order valence-corrected chi connectivity index (χ4v) is 4.48. The van der Waals surface area contributed by atoms with E-state index in [0.29, 0.717) is 5.02 Å². The van der Waals surface area contributed by atoms with Crippen molar-refractivity contribution in [2.45, 2.75) is 37.2 Å². The Bertz CT molecular complexity index is 735. The highest BCUT2D eigenvalue weighted by molar-refractivity contribution is 7.98. The minimum atomic E-state index is 0.136. The SMILES string of the molecule is O=C(Nc1c2c(nn1-c1ccc(Cl)cc1)CSC2)C1CCCC1. The number of amides is 1. The molecule has 0 spiro atoms. The van der Waals surface area contributed by atoms with Gasteiger partial charge in [0.05, 0.1) is 11.4 Å². The average Bonchev–Trinajstić information content (AvgIpc) is 3.26. The number of rotatable bonds is 3. The Morgan fingerprint density at radius 1 is 1.22 bits per heavy atom. The molecule has 2 aliphatic rings. The van der Waals surface area contributed by atoms with Crippen molar-refractivity contribution in [3.8, 4) is 5.69 Å². The summed E-state index contributed by atoms with van der Waals surface area (Å²) in [5, 5.41) is 8.56. The minimum absolute atomic E-state index is 0.136. The number of hydrogen-bond donors (Lipinski definition) is 1. The molecule has 23 heavy (non-hydrogen) atoms. The summed E-state index contributed by atoms with van der Waals surface area (Å²) in [6.07, 6.45) is 4.31. The molecule has 0 saturated heterocycles. The molecule has 1 fully saturated rings. The van der Waals surface area contributed by atoms with Crippen LogP contribution in [0.25, 0.3) is 5.69 Å². The Morgan fingerprint density at radius 3 is 2.70 bits per heavy atom. The van der Waals surface area contributed by atoms with Crippen molar-refractivity contribution in [3.63, 3.8) is 0 Å². The van der Waals surface area contributed by atoms with Gasteiger partial charge in [-0.2, -0.15) is 16.9 Å². The standard InChI is InChI=1S/C17H18ClN3OS/c18-12-5-7-13(8-6-12)21-16(14-9-23-10-15(14)20-21)19-17(22)11-3-1-2-4-11/h5-8,11H,1-4,9-10H2,(H,19,22). The van der Waals surface area contributed by atoms with E-state index in [0.717, 1.165) is 60.0 Å². The molecule has 1 aromatic heterocycles. The van der Waals surface area contributed by atoms with Gasteiger partial charge in [0.25, 0.3) is 0 Å². The molecule has 2 aromatic rings. The average molecular weight is 348 g/mol. The zero-order valence-electron chi connectivity index (χ0n) is 12.7. The van der Waals surface area contributed by atoms with E-state index >= 15 is 0 Å². The van der Waals surface area contributed by atoms with Crippen molar-refractivity contribution in [1.29, 1.82) is 0 Å². The first-order chi connectivity index (χ1) is 11.2. The summed E-state index contributed by atoms with van der Waals surface area (Å²) in [4.78, 5) is 12.6. The second-order valence-corrected chi connectivity index (χ2v) is 7.55. The fourth-order valence-electron chi connectivity index (χ4n) is 3.32. The van der Waals surface area contributed by atoms with Crippen LogP contribution in [0.2, 0.25) is 5.02 Å². The van der Waals surface area contributed by atoms with Gasteiger partial charge in [0.1, 0.15) is 5.82 Å². The number of fused-ring (bicyclic) bond motifs is 1. The van der Waals surface area contributed by atoms with Gasteiger partial charge in [0.15, 0.2) is 0 Å². The molecular weight excluding hydrogens is 330 g/mol. The van der Waals surface area contributed by atoms with E-state index in [4.69, 9.17) is 16.7 Å². The van der Waals surface area contributed by atoms with Crippen LogP contribution in [-0.4, -0.2) is 15.7 Å². The Labute approximate surface area is 144 Å². The molecule has 4 nitrogen and oxygen atoms in total. The second kappa shape index (κ2) is 6.21. The highest BCUT2D eigenvalue weighted by Crippen LogP contribution is 2.37. The van der Waals surface area contributed by atoms with Crippen LogP contribution < -0.4 is 5.32 Å². The molecule has 1 saturated carbocycles. The van der Waals surface area contributed by atoms with Crippen molar-refractivity contribution in [2.24, 2.45) is 5.92 Å². The molecule has 4 rings (SSSR count). The predicted octanol–water partition coefficient (Wildman–Crippen LogP) is 4.40. The first kappa shape index (κ1) is 15.1. The van der Waals surface area contributed by atoms with Crippen LogP contribution in [0.1, 0.15) is 36.9 Å². The fraction of sp³-hybridized carbons (Fsp3) is 0.412. The van der Waals surface area contributed by atoms with Crippen LogP contribution in [-0.2, 0) is 16.3 Å². The molecule has 0 bridgehead atoms. The number of anilines is 1. The van der Waals surface area contributed by atoms with Crippen molar-refractivity contribution in [1.82, 2.24) is 9.78 Å². The summed E-state index contributed by atoms with van der Waals surface area (Å²) in [7, 11) is 0. The lowest BCUT2D eigenvalue weighted by atomic mass is 10.1. The molecular formula is C17H18ClN3OS. The summed E-state index contributed by atoms with van der Waals surface area (Å²) in [6, 6.07) is 7.56. The Morgan fingerprint density at radius 2 is 1.96 bits per heavy atom. The lowest BCUT2D eigenvalue weighted by Crippen LogP contribution is -2.22. The van der Waals surface area contributed by atoms with Crippen LogP contribution in [0.3, 0.4) is 0 Å². The topological polar surface area (TPSA) is 46.9 Å². The quantitative estimate of drug-likeness (QED) is 0.895. The van der Waals surface area contributed by atoms with Crippen LogP contribution in [0.4, 0.5) is 5.82 Å². The third kappa shape index (κ3) is 2.88. The number of nitrogens with zero attached hydrogens (tertiary/aromatic N) is 2. The number of carbonyl (C=O) groups is 1. The third-order valence-corrected chi connectivity index (χ3v) is 5.81. The van der Waals surface area contributed by atoms with E-state index < -0.39 is 0 Å². The third-order valence-electron chi connectivity index (χ3n) is 4.59. The molecule has 120 valence electrons. The van der Waals surface area contributed by atoms with Crippen molar-refractivity contribution >= 4 is 35.1 Å². The summed E-state index contributed by atoms with van der Waals surface area (Å²) in [5.74, 6) is 2.93. The molecule has 1 aromatic carbocycles. The molecule has 1 N–H and O–H groups in total. The van der Waals surface area contributed by atoms with Gasteiger partial charge in [-0.05, 0) is 37.1 Å². The number of thioether (sulfide) groups is 1. The zero-order valence-corrected chi connectivity index (χ0v) is 14.3. The monoisotopic (exact) mass is 347 g/mol. The Hall–Kier alpha value is -1.46. The summed E-state index contributed by atoms with van der Waals surface area (Å²) >= 11 is 7.82. The van der Waals surface area contributed by atoms with Gasteiger partial charge in [-0.3, -0.25) is 4.79 Å². The first-order valence-electron chi connectivity index (χ1n) is 7.97. The summed E-state index contributed by atoms with van der Waals surface area (Å²) in [6.45, 7) is 0. The van der Waals surface area contributed by atoms with Gasteiger partial charge < -0.3 is 5.32 Å². The lowest BCUT2D eigenvalue weighted by Gasteiger charge is -2.14. The van der Waals surface area contributed by atoms with E-state index in [1.54, 1.807) is 0 Å². The lowest BCUT2D eigenvalue weighted by molar-refractivity contribution is -0.119. The summed E-state index contributed by atoms with van der Waals surface area (Å²) < 4.78 is 1.85. The second-order valence-electron chi connectivity index (χ2n) is 6.13. The maximum Gasteiger partial charge on any atom is 0.228 e. The van der Waals surface area contributed by atoms with Crippen molar-refractivity contribution < 1.29 is 4.79 Å². The normalized spacial score (nSPS) is 17.4. The molecule has 0 atom stereocenters. The molecule has 1 aliphatic carbocycles. The van der Waals surface area contributed by atoms with Crippen LogP contribution in [0.15, 0.2) is 24.3 Å². The Kier molecular flexibility index (Phi) is 4.07. The minimum Gasteiger partial charge on any atom is -0.310 e. The van der Waals surface area contributed by atoms with Gasteiger partial charge in [0.2, 0.25) is 5.91 Å². The van der Waals surface area contributed by atoms with Crippen LogP contribution in [0.5, 0.6) is 0 Å². The van der Waals surface area contributed by atoms with Crippen LogP contribution in [0, 0.1) is 5.92 Å². The molecule has 6 heteroatoms. The van der Waals surface area contributed by atoms with E-state index in [1.807, 2.05) is 40.7 Å². The zero-order chi connectivity index (χ0) is 15.8. The molecule has 1 amide bonds. The van der Waals surface area contributed by atoms with Crippen LogP contribution >= 0.6 is 23.4 Å². The van der Waals surface area contributed by atoms with E-state index in [9.17, 15) is 4.79 Å². The molecule has 0 unspecified atom stereocenters. The molecule has 2 heterocycles. The number of carbonyl (C=O) groups excluding carboxylic acids is 1. The van der Waals surface area contributed by atoms with E-state index in [1.165, 1.54) is 0 Å². The van der Waals surface area contributed by atoms with Gasteiger partial charge in [-0.1, -0.05) is 24.4 Å². The molecule has 1 aliphatic heterocycles. The Balaban J connectivity index is 1.69. The number of halogens is 1. The van der Waals surface area contributed by atoms with E-state index in [2.05, 4.69) is 5.32 Å². The van der Waals surface area contributed by atoms with Crippen molar-refractivity contribution in [3.05, 3.63) is 40.5 Å². The predicted molar refractivity (Wildman–Crippen MR) is 94.2 cm³/mol.